The van der Waals surface area contributed by atoms with Crippen molar-refractivity contribution >= 4 is 16.5 Å². The first kappa shape index (κ1) is 14.8. The monoisotopic (exact) mass is 305 g/mol. The minimum atomic E-state index is -4.45. The van der Waals surface area contributed by atoms with Crippen molar-refractivity contribution in [1.29, 1.82) is 0 Å². The average Bonchev–Trinajstić information content (AvgIpc) is 2.93. The molecule has 0 spiro atoms. The highest BCUT2D eigenvalue weighted by molar-refractivity contribution is 7.15. The van der Waals surface area contributed by atoms with Crippen LogP contribution in [0.1, 0.15) is 28.9 Å². The Bertz CT molecular complexity index is 602. The summed E-state index contributed by atoms with van der Waals surface area (Å²) in [6.07, 6.45) is -4.45. The second-order valence-corrected chi connectivity index (χ2v) is 5.21. The lowest BCUT2D eigenvalue weighted by atomic mass is 10.2. The fourth-order valence-corrected chi connectivity index (χ4v) is 2.48. The Hall–Kier alpha value is -1.64. The summed E-state index contributed by atoms with van der Waals surface area (Å²) in [6.45, 7) is 6.92. The van der Waals surface area contributed by atoms with Crippen LogP contribution in [0.4, 0.5) is 18.3 Å². The molecule has 5 nitrogen and oxygen atoms in total. The summed E-state index contributed by atoms with van der Waals surface area (Å²) < 4.78 is 39.1. The molecule has 2 heterocycles. The number of nitrogens with zero attached hydrogens (tertiary/aromatic N) is 4. The van der Waals surface area contributed by atoms with E-state index in [2.05, 4.69) is 20.6 Å². The number of hydrogen-bond donors (Lipinski definition) is 1. The SMILES string of the molecule is CCn1nc(C)c(CNc2nnc(C(F)(F)F)s2)c1C. The third-order valence-electron chi connectivity index (χ3n) is 2.91. The number of nitrogens with one attached hydrogen (secondary N) is 1. The topological polar surface area (TPSA) is 55.6 Å². The van der Waals surface area contributed by atoms with Gasteiger partial charge in [0.25, 0.3) is 0 Å². The normalized spacial score (nSPS) is 11.9. The van der Waals surface area contributed by atoms with E-state index in [-0.39, 0.29) is 5.13 Å². The lowest BCUT2D eigenvalue weighted by Gasteiger charge is -2.03. The Kier molecular flexibility index (Phi) is 3.98. The van der Waals surface area contributed by atoms with Crippen molar-refractivity contribution in [3.8, 4) is 0 Å². The molecule has 0 aliphatic rings. The van der Waals surface area contributed by atoms with Gasteiger partial charge in [-0.25, -0.2) is 0 Å². The number of halogens is 3. The van der Waals surface area contributed by atoms with Gasteiger partial charge in [-0.05, 0) is 20.8 Å². The maximum atomic E-state index is 12.4. The van der Waals surface area contributed by atoms with Crippen molar-refractivity contribution in [3.05, 3.63) is 22.0 Å². The van der Waals surface area contributed by atoms with E-state index >= 15 is 0 Å². The molecule has 9 heteroatoms. The fraction of sp³-hybridized carbons (Fsp3) is 0.545. The molecular weight excluding hydrogens is 291 g/mol. The number of aromatic nitrogens is 4. The number of aryl methyl sites for hydroxylation is 2. The van der Waals surface area contributed by atoms with Crippen molar-refractivity contribution < 1.29 is 13.2 Å². The van der Waals surface area contributed by atoms with Gasteiger partial charge in [0.15, 0.2) is 0 Å². The molecule has 0 unspecified atom stereocenters. The predicted molar refractivity (Wildman–Crippen MR) is 69.6 cm³/mol. The number of hydrogen-bond acceptors (Lipinski definition) is 5. The van der Waals surface area contributed by atoms with E-state index < -0.39 is 11.2 Å². The quantitative estimate of drug-likeness (QED) is 0.943. The van der Waals surface area contributed by atoms with Gasteiger partial charge in [-0.15, -0.1) is 10.2 Å². The van der Waals surface area contributed by atoms with Crippen LogP contribution in [0.5, 0.6) is 0 Å². The molecule has 0 amide bonds. The maximum Gasteiger partial charge on any atom is 0.445 e. The van der Waals surface area contributed by atoms with E-state index in [1.54, 1.807) is 0 Å². The summed E-state index contributed by atoms with van der Waals surface area (Å²) in [6, 6.07) is 0. The van der Waals surface area contributed by atoms with Gasteiger partial charge < -0.3 is 5.32 Å². The van der Waals surface area contributed by atoms with Crippen LogP contribution in [0.25, 0.3) is 0 Å². The van der Waals surface area contributed by atoms with Crippen LogP contribution in [-0.2, 0) is 19.3 Å². The van der Waals surface area contributed by atoms with Gasteiger partial charge in [0, 0.05) is 24.3 Å². The van der Waals surface area contributed by atoms with Crippen LogP contribution < -0.4 is 5.32 Å². The Labute approximate surface area is 117 Å². The number of anilines is 1. The molecule has 0 radical (unpaired) electrons. The van der Waals surface area contributed by atoms with Crippen molar-refractivity contribution in [2.45, 2.75) is 40.0 Å². The predicted octanol–water partition coefficient (Wildman–Crippen LogP) is 3.00. The zero-order valence-electron chi connectivity index (χ0n) is 11.2. The van der Waals surface area contributed by atoms with Crippen molar-refractivity contribution in [3.63, 3.8) is 0 Å². The highest BCUT2D eigenvalue weighted by atomic mass is 32.1. The van der Waals surface area contributed by atoms with Gasteiger partial charge in [-0.3, -0.25) is 4.68 Å². The van der Waals surface area contributed by atoms with E-state index in [1.165, 1.54) is 0 Å². The number of rotatable bonds is 4. The van der Waals surface area contributed by atoms with Crippen molar-refractivity contribution in [2.24, 2.45) is 0 Å². The highest BCUT2D eigenvalue weighted by Crippen LogP contribution is 2.33. The maximum absolute atomic E-state index is 12.4. The second kappa shape index (κ2) is 5.39. The molecule has 0 saturated carbocycles. The average molecular weight is 305 g/mol. The van der Waals surface area contributed by atoms with E-state index in [9.17, 15) is 13.2 Å². The second-order valence-electron chi connectivity index (χ2n) is 4.23. The van der Waals surface area contributed by atoms with Crippen molar-refractivity contribution in [2.75, 3.05) is 5.32 Å². The van der Waals surface area contributed by atoms with Gasteiger partial charge >= 0.3 is 6.18 Å². The largest absolute Gasteiger partial charge is 0.445 e. The summed E-state index contributed by atoms with van der Waals surface area (Å²) in [7, 11) is 0. The zero-order valence-corrected chi connectivity index (χ0v) is 12.1. The van der Waals surface area contributed by atoms with Crippen LogP contribution in [-0.4, -0.2) is 20.0 Å². The van der Waals surface area contributed by atoms with Gasteiger partial charge in [0.05, 0.1) is 5.69 Å². The molecule has 0 fully saturated rings. The lowest BCUT2D eigenvalue weighted by Crippen LogP contribution is -2.03. The smallest absolute Gasteiger partial charge is 0.356 e. The first-order valence-corrected chi connectivity index (χ1v) is 6.82. The summed E-state index contributed by atoms with van der Waals surface area (Å²) >= 11 is 0.498. The third kappa shape index (κ3) is 2.92. The minimum absolute atomic E-state index is 0.153. The summed E-state index contributed by atoms with van der Waals surface area (Å²) in [5, 5.41) is 13.0. The van der Waals surface area contributed by atoms with E-state index in [4.69, 9.17) is 0 Å². The summed E-state index contributed by atoms with van der Waals surface area (Å²) in [4.78, 5) is 0. The summed E-state index contributed by atoms with van der Waals surface area (Å²) in [5.74, 6) is 0. The molecule has 20 heavy (non-hydrogen) atoms. The van der Waals surface area contributed by atoms with Crippen LogP contribution in [0, 0.1) is 13.8 Å². The Morgan fingerprint density at radius 1 is 1.25 bits per heavy atom. The molecule has 2 aromatic heterocycles. The first-order valence-electron chi connectivity index (χ1n) is 6.00. The molecular formula is C11H14F3N5S. The molecule has 0 aliphatic carbocycles. The number of alkyl halides is 3. The fourth-order valence-electron chi connectivity index (χ4n) is 1.87. The van der Waals surface area contributed by atoms with E-state index in [1.807, 2.05) is 25.5 Å². The van der Waals surface area contributed by atoms with Crippen molar-refractivity contribution in [1.82, 2.24) is 20.0 Å². The molecule has 110 valence electrons. The zero-order chi connectivity index (χ0) is 14.9. The van der Waals surface area contributed by atoms with Gasteiger partial charge in [0.2, 0.25) is 10.1 Å². The Balaban J connectivity index is 2.09. The molecule has 0 aliphatic heterocycles. The third-order valence-corrected chi connectivity index (χ3v) is 3.84. The Morgan fingerprint density at radius 2 is 1.95 bits per heavy atom. The molecule has 1 N–H and O–H groups in total. The van der Waals surface area contributed by atoms with E-state index in [0.717, 1.165) is 23.5 Å². The van der Waals surface area contributed by atoms with Gasteiger partial charge in [-0.2, -0.15) is 18.3 Å². The van der Waals surface area contributed by atoms with Crippen LogP contribution in [0.3, 0.4) is 0 Å². The lowest BCUT2D eigenvalue weighted by molar-refractivity contribution is -0.138. The van der Waals surface area contributed by atoms with Gasteiger partial charge in [0.1, 0.15) is 0 Å². The highest BCUT2D eigenvalue weighted by Gasteiger charge is 2.35. The van der Waals surface area contributed by atoms with Gasteiger partial charge in [-0.1, -0.05) is 11.3 Å². The molecule has 0 bridgehead atoms. The molecule has 0 saturated heterocycles. The molecule has 2 rings (SSSR count). The van der Waals surface area contributed by atoms with Crippen LogP contribution >= 0.6 is 11.3 Å². The Morgan fingerprint density at radius 3 is 2.45 bits per heavy atom. The van der Waals surface area contributed by atoms with E-state index in [0.29, 0.717) is 17.9 Å². The molecule has 0 aromatic carbocycles. The molecule has 2 aromatic rings. The summed E-state index contributed by atoms with van der Waals surface area (Å²) in [5.41, 5.74) is 2.83. The van der Waals surface area contributed by atoms with Crippen LogP contribution in [0.2, 0.25) is 0 Å². The molecule has 0 atom stereocenters. The minimum Gasteiger partial charge on any atom is -0.356 e. The standard InChI is InChI=1S/C11H14F3N5S/c1-4-19-7(3)8(6(2)18-19)5-15-10-17-16-9(20-10)11(12,13)14/h4-5H2,1-3H3,(H,15,17). The van der Waals surface area contributed by atoms with Crippen LogP contribution in [0.15, 0.2) is 0 Å². The first-order chi connectivity index (χ1) is 9.32.